The quantitative estimate of drug-likeness (QED) is 0.551. The number of benzene rings is 2. The minimum atomic E-state index is -0.126. The number of amides is 1. The Morgan fingerprint density at radius 1 is 1.20 bits per heavy atom. The molecule has 0 saturated heterocycles. The van der Waals surface area contributed by atoms with Crippen molar-refractivity contribution in [2.45, 2.75) is 12.1 Å². The number of rotatable bonds is 5. The second kappa shape index (κ2) is 8.11. The number of anilines is 1. The first-order chi connectivity index (χ1) is 12.0. The number of aromatic nitrogens is 4. The van der Waals surface area contributed by atoms with Crippen molar-refractivity contribution in [1.82, 2.24) is 20.2 Å². The van der Waals surface area contributed by atoms with Crippen LogP contribution in [0.25, 0.3) is 5.69 Å². The minimum absolute atomic E-state index is 0.126. The third kappa shape index (κ3) is 4.47. The second-order valence-electron chi connectivity index (χ2n) is 5.13. The Balaban J connectivity index is 1.66. The maximum absolute atomic E-state index is 12.2. The van der Waals surface area contributed by atoms with E-state index in [1.54, 1.807) is 4.68 Å². The lowest BCUT2D eigenvalue weighted by atomic mass is 10.2. The molecule has 0 fully saturated rings. The highest BCUT2D eigenvalue weighted by atomic mass is 79.9. The van der Waals surface area contributed by atoms with Gasteiger partial charge in [-0.1, -0.05) is 30.0 Å². The molecule has 0 atom stereocenters. The molecule has 0 spiro atoms. The van der Waals surface area contributed by atoms with Crippen molar-refractivity contribution in [2.24, 2.45) is 0 Å². The molecule has 0 radical (unpaired) electrons. The molecule has 1 amide bonds. The molecule has 9 heteroatoms. The third-order valence-electron chi connectivity index (χ3n) is 3.32. The molecule has 0 aliphatic heterocycles. The van der Waals surface area contributed by atoms with Crippen molar-refractivity contribution in [3.63, 3.8) is 0 Å². The summed E-state index contributed by atoms with van der Waals surface area (Å²) in [5, 5.41) is 15.2. The summed E-state index contributed by atoms with van der Waals surface area (Å²) in [6, 6.07) is 13.3. The summed E-state index contributed by atoms with van der Waals surface area (Å²) >= 11 is 8.10. The average Bonchev–Trinajstić information content (AvgIpc) is 3.05. The topological polar surface area (TPSA) is 72.7 Å². The van der Waals surface area contributed by atoms with E-state index < -0.39 is 0 Å². The van der Waals surface area contributed by atoms with Gasteiger partial charge in [0.05, 0.1) is 11.4 Å². The number of nitrogens with one attached hydrogen (secondary N) is 1. The van der Waals surface area contributed by atoms with E-state index in [1.165, 1.54) is 11.8 Å². The molecule has 0 saturated carbocycles. The van der Waals surface area contributed by atoms with E-state index in [0.717, 1.165) is 25.9 Å². The third-order valence-corrected chi connectivity index (χ3v) is 6.12. The van der Waals surface area contributed by atoms with E-state index in [0.29, 0.717) is 5.16 Å². The van der Waals surface area contributed by atoms with E-state index in [-0.39, 0.29) is 11.7 Å². The van der Waals surface area contributed by atoms with Crippen molar-refractivity contribution in [1.29, 1.82) is 0 Å². The van der Waals surface area contributed by atoms with E-state index in [4.69, 9.17) is 0 Å². The number of thioether (sulfide) groups is 1. The van der Waals surface area contributed by atoms with E-state index in [1.807, 2.05) is 49.4 Å². The Bertz CT molecular complexity index is 915. The summed E-state index contributed by atoms with van der Waals surface area (Å²) in [5.41, 5.74) is 2.67. The van der Waals surface area contributed by atoms with Gasteiger partial charge in [-0.25, -0.2) is 0 Å². The van der Waals surface area contributed by atoms with Gasteiger partial charge in [-0.05, 0) is 79.0 Å². The Kier molecular flexibility index (Phi) is 5.87. The summed E-state index contributed by atoms with van der Waals surface area (Å²) in [7, 11) is 0. The molecule has 2 aromatic carbocycles. The van der Waals surface area contributed by atoms with Gasteiger partial charge >= 0.3 is 0 Å². The zero-order valence-corrected chi connectivity index (χ0v) is 17.1. The van der Waals surface area contributed by atoms with Crippen LogP contribution in [0.1, 0.15) is 5.56 Å². The Hall–Kier alpha value is -1.71. The first kappa shape index (κ1) is 18.1. The second-order valence-corrected chi connectivity index (χ2v) is 7.78. The Morgan fingerprint density at radius 3 is 2.76 bits per heavy atom. The van der Waals surface area contributed by atoms with Crippen molar-refractivity contribution in [3.8, 4) is 5.69 Å². The van der Waals surface area contributed by atoms with Crippen LogP contribution in [-0.2, 0) is 4.79 Å². The lowest BCUT2D eigenvalue weighted by molar-refractivity contribution is -0.113. The van der Waals surface area contributed by atoms with Crippen LogP contribution in [0.3, 0.4) is 0 Å². The molecule has 0 aliphatic carbocycles. The smallest absolute Gasteiger partial charge is 0.234 e. The molecule has 1 N–H and O–H groups in total. The fraction of sp³-hybridized carbons (Fsp3) is 0.125. The number of nitrogens with zero attached hydrogens (tertiary/aromatic N) is 4. The molecule has 3 rings (SSSR count). The highest BCUT2D eigenvalue weighted by Crippen LogP contribution is 2.26. The fourth-order valence-corrected chi connectivity index (χ4v) is 3.43. The number of halogens is 2. The van der Waals surface area contributed by atoms with Gasteiger partial charge in [0, 0.05) is 14.6 Å². The molecule has 1 heterocycles. The van der Waals surface area contributed by atoms with Gasteiger partial charge in [0.15, 0.2) is 0 Å². The van der Waals surface area contributed by atoms with Crippen LogP contribution in [0.5, 0.6) is 0 Å². The average molecular weight is 483 g/mol. The van der Waals surface area contributed by atoms with Gasteiger partial charge in [-0.15, -0.1) is 5.10 Å². The number of hydrogen-bond donors (Lipinski definition) is 1. The number of carbonyl (C=O) groups is 1. The first-order valence-corrected chi connectivity index (χ1v) is 9.84. The maximum atomic E-state index is 12.2. The lowest BCUT2D eigenvalue weighted by Gasteiger charge is -2.08. The first-order valence-electron chi connectivity index (χ1n) is 7.26. The van der Waals surface area contributed by atoms with Gasteiger partial charge in [0.1, 0.15) is 0 Å². The van der Waals surface area contributed by atoms with Gasteiger partial charge in [-0.2, -0.15) is 4.68 Å². The molecule has 25 heavy (non-hydrogen) atoms. The van der Waals surface area contributed by atoms with Gasteiger partial charge in [-0.3, -0.25) is 4.79 Å². The lowest BCUT2D eigenvalue weighted by Crippen LogP contribution is -2.14. The van der Waals surface area contributed by atoms with Crippen molar-refractivity contribution >= 4 is 55.2 Å². The van der Waals surface area contributed by atoms with Crippen molar-refractivity contribution in [3.05, 3.63) is 57.0 Å². The summed E-state index contributed by atoms with van der Waals surface area (Å²) in [6.07, 6.45) is 0. The molecular weight excluding hydrogens is 470 g/mol. The van der Waals surface area contributed by atoms with E-state index in [2.05, 4.69) is 52.7 Å². The van der Waals surface area contributed by atoms with Crippen molar-refractivity contribution in [2.75, 3.05) is 11.1 Å². The molecule has 6 nitrogen and oxygen atoms in total. The molecule has 3 aromatic rings. The number of hydrogen-bond acceptors (Lipinski definition) is 5. The largest absolute Gasteiger partial charge is 0.325 e. The molecule has 1 aromatic heterocycles. The monoisotopic (exact) mass is 481 g/mol. The van der Waals surface area contributed by atoms with Crippen LogP contribution in [0.4, 0.5) is 5.69 Å². The molecule has 0 unspecified atom stereocenters. The van der Waals surface area contributed by atoms with E-state index in [9.17, 15) is 4.79 Å². The van der Waals surface area contributed by atoms with Crippen LogP contribution in [-0.4, -0.2) is 31.9 Å². The minimum Gasteiger partial charge on any atom is -0.325 e. The predicted octanol–water partition coefficient (Wildman–Crippen LogP) is 4.23. The molecule has 0 bridgehead atoms. The predicted molar refractivity (Wildman–Crippen MR) is 105 cm³/mol. The molecule has 0 aliphatic rings. The fourth-order valence-electron chi connectivity index (χ4n) is 2.12. The van der Waals surface area contributed by atoms with Crippen LogP contribution >= 0.6 is 43.6 Å². The summed E-state index contributed by atoms with van der Waals surface area (Å²) in [4.78, 5) is 12.2. The SMILES string of the molecule is Cc1ccccc1-n1nnnc1SCC(=O)Nc1ccc(Br)c(Br)c1. The number of para-hydroxylation sites is 1. The summed E-state index contributed by atoms with van der Waals surface area (Å²) in [5.74, 6) is 0.0819. The van der Waals surface area contributed by atoms with Crippen LogP contribution in [0, 0.1) is 6.92 Å². The summed E-state index contributed by atoms with van der Waals surface area (Å²) in [6.45, 7) is 1.99. The zero-order chi connectivity index (χ0) is 17.8. The Labute approximate surface area is 165 Å². The maximum Gasteiger partial charge on any atom is 0.234 e. The zero-order valence-electron chi connectivity index (χ0n) is 13.1. The highest BCUT2D eigenvalue weighted by Gasteiger charge is 2.13. The van der Waals surface area contributed by atoms with Crippen LogP contribution in [0.15, 0.2) is 56.6 Å². The van der Waals surface area contributed by atoms with Crippen LogP contribution < -0.4 is 5.32 Å². The molecular formula is C16H13Br2N5OS. The van der Waals surface area contributed by atoms with Gasteiger partial charge < -0.3 is 5.32 Å². The standard InChI is InChI=1S/C16H13Br2N5OS/c1-10-4-2-3-5-14(10)23-16(20-21-22-23)25-9-15(24)19-11-6-7-12(17)13(18)8-11/h2-8H,9H2,1H3,(H,19,24). The molecule has 128 valence electrons. The number of tetrazole rings is 1. The van der Waals surface area contributed by atoms with E-state index >= 15 is 0 Å². The number of carbonyl (C=O) groups excluding carboxylic acids is 1. The summed E-state index contributed by atoms with van der Waals surface area (Å²) < 4.78 is 3.45. The van der Waals surface area contributed by atoms with Crippen LogP contribution in [0.2, 0.25) is 0 Å². The van der Waals surface area contributed by atoms with Gasteiger partial charge in [0.2, 0.25) is 11.1 Å². The number of aryl methyl sites for hydroxylation is 1. The van der Waals surface area contributed by atoms with Crippen molar-refractivity contribution < 1.29 is 4.79 Å². The van der Waals surface area contributed by atoms with Gasteiger partial charge in [0.25, 0.3) is 0 Å². The normalized spacial score (nSPS) is 10.7. The Morgan fingerprint density at radius 2 is 2.00 bits per heavy atom. The highest BCUT2D eigenvalue weighted by molar-refractivity contribution is 9.13.